The zero-order valence-corrected chi connectivity index (χ0v) is 8.38. The van der Waals surface area contributed by atoms with E-state index in [2.05, 4.69) is 9.47 Å². The topological polar surface area (TPSA) is 84.9 Å². The van der Waals surface area contributed by atoms with E-state index in [1.54, 1.807) is 18.2 Å². The van der Waals surface area contributed by atoms with E-state index in [1.807, 2.05) is 5.48 Å². The molecule has 6 nitrogen and oxygen atoms in total. The molecule has 1 rings (SSSR count). The van der Waals surface area contributed by atoms with Gasteiger partial charge in [0.1, 0.15) is 13.2 Å². The molecule has 0 atom stereocenters. The van der Waals surface area contributed by atoms with Crippen LogP contribution < -0.4 is 5.48 Å². The summed E-state index contributed by atoms with van der Waals surface area (Å²) in [5.74, 6) is 0. The van der Waals surface area contributed by atoms with E-state index in [-0.39, 0.29) is 13.2 Å². The van der Waals surface area contributed by atoms with E-state index >= 15 is 0 Å². The minimum absolute atomic E-state index is 0.0291. The first-order valence-corrected chi connectivity index (χ1v) is 4.44. The van der Waals surface area contributed by atoms with Crippen LogP contribution in [-0.2, 0) is 32.3 Å². The van der Waals surface area contributed by atoms with Gasteiger partial charge in [0.2, 0.25) is 0 Å². The molecule has 0 saturated carbocycles. The number of carbonyl (C=O) groups is 2. The number of carbonyl (C=O) groups excluding carboxylic acids is 2. The lowest BCUT2D eigenvalue weighted by Crippen LogP contribution is -2.00. The summed E-state index contributed by atoms with van der Waals surface area (Å²) in [4.78, 5) is 20.1. The van der Waals surface area contributed by atoms with Crippen LogP contribution in [0.5, 0.6) is 0 Å². The van der Waals surface area contributed by atoms with Crippen LogP contribution in [0, 0.1) is 0 Å². The Kier molecular flexibility index (Phi) is 4.81. The third-order valence-electron chi connectivity index (χ3n) is 1.92. The molecule has 0 fully saturated rings. The van der Waals surface area contributed by atoms with E-state index in [9.17, 15) is 9.59 Å². The van der Waals surface area contributed by atoms with Crippen LogP contribution in [0.1, 0.15) is 11.1 Å². The molecule has 0 bridgehead atoms. The second-order valence-electron chi connectivity index (χ2n) is 2.92. The maximum Gasteiger partial charge on any atom is 0.293 e. The van der Waals surface area contributed by atoms with Gasteiger partial charge in [-0.05, 0) is 17.7 Å². The van der Waals surface area contributed by atoms with Gasteiger partial charge in [-0.15, -0.1) is 0 Å². The molecule has 6 heteroatoms. The van der Waals surface area contributed by atoms with Crippen molar-refractivity contribution in [2.45, 2.75) is 13.2 Å². The fourth-order valence-electron chi connectivity index (χ4n) is 1.22. The highest BCUT2D eigenvalue weighted by Gasteiger charge is 2.04. The Morgan fingerprint density at radius 1 is 1.19 bits per heavy atom. The summed E-state index contributed by atoms with van der Waals surface area (Å²) in [5, 5.41) is 8.80. The summed E-state index contributed by atoms with van der Waals surface area (Å²) >= 11 is 0. The molecule has 2 N–H and O–H groups in total. The molecule has 0 amide bonds. The Labute approximate surface area is 91.7 Å². The van der Waals surface area contributed by atoms with E-state index < -0.39 is 0 Å². The molecule has 0 aliphatic rings. The zero-order chi connectivity index (χ0) is 11.8. The molecular weight excluding hydrogens is 214 g/mol. The molecule has 0 aliphatic carbocycles. The van der Waals surface area contributed by atoms with E-state index in [0.29, 0.717) is 24.2 Å². The number of nitrogens with one attached hydrogen (secondary N) is 1. The summed E-state index contributed by atoms with van der Waals surface area (Å²) < 4.78 is 9.16. The molecule has 16 heavy (non-hydrogen) atoms. The van der Waals surface area contributed by atoms with Crippen molar-refractivity contribution in [1.82, 2.24) is 0 Å². The molecule has 0 heterocycles. The van der Waals surface area contributed by atoms with Crippen molar-refractivity contribution < 1.29 is 24.3 Å². The molecule has 0 spiro atoms. The number of rotatable bonds is 7. The lowest BCUT2D eigenvalue weighted by Gasteiger charge is -2.09. The summed E-state index contributed by atoms with van der Waals surface area (Å²) in [6.45, 7) is 0.820. The Balaban J connectivity index is 2.82. The molecule has 86 valence electrons. The fraction of sp³-hybridized carbons (Fsp3) is 0.200. The van der Waals surface area contributed by atoms with Gasteiger partial charge in [-0.3, -0.25) is 20.3 Å². The van der Waals surface area contributed by atoms with Gasteiger partial charge in [0.15, 0.2) is 0 Å². The Bertz CT molecular complexity index is 366. The summed E-state index contributed by atoms with van der Waals surface area (Å²) in [7, 11) is 0. The third-order valence-corrected chi connectivity index (χ3v) is 1.92. The van der Waals surface area contributed by atoms with E-state index in [1.165, 1.54) is 0 Å². The van der Waals surface area contributed by atoms with E-state index in [4.69, 9.17) is 5.21 Å². The number of benzene rings is 1. The predicted octanol–water partition coefficient (Wildman–Crippen LogP) is 0.834. The molecule has 0 aliphatic heterocycles. The number of anilines is 1. The fourth-order valence-corrected chi connectivity index (χ4v) is 1.22. The molecule has 1 aromatic rings. The summed E-state index contributed by atoms with van der Waals surface area (Å²) in [6.07, 6.45) is 0. The van der Waals surface area contributed by atoms with Crippen molar-refractivity contribution in [3.8, 4) is 0 Å². The average molecular weight is 225 g/mol. The lowest BCUT2D eigenvalue weighted by atomic mass is 10.1. The predicted molar refractivity (Wildman–Crippen MR) is 53.6 cm³/mol. The van der Waals surface area contributed by atoms with Gasteiger partial charge in [0, 0.05) is 5.56 Å². The Morgan fingerprint density at radius 3 is 2.50 bits per heavy atom. The number of hydrogen-bond acceptors (Lipinski definition) is 6. The highest BCUT2D eigenvalue weighted by Crippen LogP contribution is 2.18. The average Bonchev–Trinajstić information content (AvgIpc) is 2.33. The van der Waals surface area contributed by atoms with Gasteiger partial charge in [0.05, 0.1) is 5.69 Å². The highest BCUT2D eigenvalue weighted by atomic mass is 16.5. The third kappa shape index (κ3) is 3.25. The first-order valence-electron chi connectivity index (χ1n) is 4.44. The highest BCUT2D eigenvalue weighted by molar-refractivity contribution is 5.51. The molecule has 0 saturated heterocycles. The van der Waals surface area contributed by atoms with Crippen molar-refractivity contribution in [3.63, 3.8) is 0 Å². The van der Waals surface area contributed by atoms with Crippen molar-refractivity contribution in [3.05, 3.63) is 29.3 Å². The first kappa shape index (κ1) is 12.0. The SMILES string of the molecule is O=COCc1ccc(NO)c(COC=O)c1. The van der Waals surface area contributed by atoms with Crippen LogP contribution in [0.15, 0.2) is 18.2 Å². The quantitative estimate of drug-likeness (QED) is 0.528. The van der Waals surface area contributed by atoms with Gasteiger partial charge >= 0.3 is 0 Å². The Morgan fingerprint density at radius 2 is 1.88 bits per heavy atom. The van der Waals surface area contributed by atoms with Crippen LogP contribution in [-0.4, -0.2) is 18.2 Å². The summed E-state index contributed by atoms with van der Waals surface area (Å²) in [6, 6.07) is 4.92. The second-order valence-corrected chi connectivity index (χ2v) is 2.92. The van der Waals surface area contributed by atoms with Crippen LogP contribution in [0.2, 0.25) is 0 Å². The lowest BCUT2D eigenvalue weighted by molar-refractivity contribution is -0.130. The largest absolute Gasteiger partial charge is 0.463 e. The maximum absolute atomic E-state index is 10.1. The standard InChI is InChI=1S/C10H11NO5/c12-6-15-4-8-1-2-10(11-14)9(3-8)5-16-7-13/h1-3,6-7,11,14H,4-5H2. The smallest absolute Gasteiger partial charge is 0.293 e. The van der Waals surface area contributed by atoms with Crippen LogP contribution >= 0.6 is 0 Å². The normalized spacial score (nSPS) is 9.31. The zero-order valence-electron chi connectivity index (χ0n) is 8.38. The number of hydrogen-bond donors (Lipinski definition) is 2. The van der Waals surface area contributed by atoms with Gasteiger partial charge in [-0.2, -0.15) is 0 Å². The molecule has 0 radical (unpaired) electrons. The molecule has 0 aromatic heterocycles. The second kappa shape index (κ2) is 6.41. The van der Waals surface area contributed by atoms with Gasteiger partial charge in [-0.25, -0.2) is 0 Å². The Hall–Kier alpha value is -2.08. The minimum Gasteiger partial charge on any atom is -0.463 e. The maximum atomic E-state index is 10.1. The first-order chi connectivity index (χ1) is 7.81. The molecule has 0 unspecified atom stereocenters. The minimum atomic E-state index is 0.0291. The van der Waals surface area contributed by atoms with Crippen molar-refractivity contribution in [2.24, 2.45) is 0 Å². The van der Waals surface area contributed by atoms with Crippen molar-refractivity contribution in [1.29, 1.82) is 0 Å². The molecular formula is C10H11NO5. The summed E-state index contributed by atoms with van der Waals surface area (Å²) in [5.41, 5.74) is 3.73. The van der Waals surface area contributed by atoms with Gasteiger partial charge in [0.25, 0.3) is 12.9 Å². The van der Waals surface area contributed by atoms with Crippen molar-refractivity contribution >= 4 is 18.6 Å². The van der Waals surface area contributed by atoms with Crippen molar-refractivity contribution in [2.75, 3.05) is 5.48 Å². The monoisotopic (exact) mass is 225 g/mol. The van der Waals surface area contributed by atoms with Crippen LogP contribution in [0.3, 0.4) is 0 Å². The van der Waals surface area contributed by atoms with Gasteiger partial charge < -0.3 is 9.47 Å². The van der Waals surface area contributed by atoms with Crippen LogP contribution in [0.4, 0.5) is 5.69 Å². The molecule has 1 aromatic carbocycles. The van der Waals surface area contributed by atoms with Crippen LogP contribution in [0.25, 0.3) is 0 Å². The van der Waals surface area contributed by atoms with E-state index in [0.717, 1.165) is 5.56 Å². The van der Waals surface area contributed by atoms with Gasteiger partial charge in [-0.1, -0.05) is 6.07 Å². The number of ether oxygens (including phenoxy) is 2.